The Morgan fingerprint density at radius 3 is 2.58 bits per heavy atom. The van der Waals surface area contributed by atoms with E-state index in [9.17, 15) is 9.59 Å². The maximum atomic E-state index is 12.0. The van der Waals surface area contributed by atoms with Crippen LogP contribution in [-0.4, -0.2) is 64.8 Å². The number of carbonyl (C=O) groups is 2. The number of hydrogen-bond acceptors (Lipinski definition) is 4. The lowest BCUT2D eigenvalue weighted by molar-refractivity contribution is -0.132. The van der Waals surface area contributed by atoms with Gasteiger partial charge in [0.15, 0.2) is 0 Å². The van der Waals surface area contributed by atoms with E-state index in [1.165, 1.54) is 0 Å². The lowest BCUT2D eigenvalue weighted by Gasteiger charge is -2.34. The van der Waals surface area contributed by atoms with Gasteiger partial charge in [-0.25, -0.2) is 4.79 Å². The minimum absolute atomic E-state index is 0.0489. The fourth-order valence-electron chi connectivity index (χ4n) is 2.01. The first kappa shape index (κ1) is 13.4. The Morgan fingerprint density at radius 2 is 2.00 bits per heavy atom. The van der Waals surface area contributed by atoms with Crippen LogP contribution in [0.5, 0.6) is 0 Å². The minimum atomic E-state index is -0.303. The quantitative estimate of drug-likeness (QED) is 0.850. The Balaban J connectivity index is 1.79. The average Bonchev–Trinajstić information content (AvgIpc) is 2.92. The molecule has 1 aliphatic heterocycles. The van der Waals surface area contributed by atoms with Crippen LogP contribution in [0.4, 0.5) is 4.79 Å². The smallest absolute Gasteiger partial charge is 0.409 e. The fraction of sp³-hybridized carbons (Fsp3) is 0.583. The molecule has 1 fully saturated rings. The number of aromatic nitrogens is 2. The Morgan fingerprint density at radius 1 is 1.32 bits per heavy atom. The largest absolute Gasteiger partial charge is 0.450 e. The summed E-state index contributed by atoms with van der Waals surface area (Å²) in [7, 11) is 0. The summed E-state index contributed by atoms with van der Waals surface area (Å²) >= 11 is 0. The van der Waals surface area contributed by atoms with Crippen molar-refractivity contribution in [1.82, 2.24) is 20.0 Å². The Hall–Kier alpha value is -2.05. The van der Waals surface area contributed by atoms with Crippen LogP contribution in [0.15, 0.2) is 12.3 Å². The van der Waals surface area contributed by atoms with Gasteiger partial charge in [0.25, 0.3) is 0 Å². The van der Waals surface area contributed by atoms with E-state index >= 15 is 0 Å². The van der Waals surface area contributed by atoms with Crippen molar-refractivity contribution in [3.63, 3.8) is 0 Å². The van der Waals surface area contributed by atoms with Crippen LogP contribution in [-0.2, 0) is 16.0 Å². The molecule has 2 amide bonds. The van der Waals surface area contributed by atoms with Gasteiger partial charge in [-0.15, -0.1) is 0 Å². The number of aromatic amines is 1. The first-order chi connectivity index (χ1) is 9.20. The predicted molar refractivity (Wildman–Crippen MR) is 67.5 cm³/mol. The molecule has 0 aromatic carbocycles. The molecule has 1 saturated heterocycles. The SMILES string of the molecule is CCOC(=O)N1CCN(C(=O)Cc2ccn[nH]2)CC1. The van der Waals surface area contributed by atoms with E-state index in [2.05, 4.69) is 10.2 Å². The number of amides is 2. The van der Waals surface area contributed by atoms with Crippen molar-refractivity contribution in [1.29, 1.82) is 0 Å². The van der Waals surface area contributed by atoms with Crippen molar-refractivity contribution in [2.45, 2.75) is 13.3 Å². The molecule has 19 heavy (non-hydrogen) atoms. The third kappa shape index (κ3) is 3.46. The van der Waals surface area contributed by atoms with Crippen LogP contribution in [0.25, 0.3) is 0 Å². The van der Waals surface area contributed by atoms with Gasteiger partial charge >= 0.3 is 6.09 Å². The zero-order chi connectivity index (χ0) is 13.7. The monoisotopic (exact) mass is 266 g/mol. The van der Waals surface area contributed by atoms with Crippen molar-refractivity contribution < 1.29 is 14.3 Å². The fourth-order valence-corrected chi connectivity index (χ4v) is 2.01. The number of nitrogens with zero attached hydrogens (tertiary/aromatic N) is 3. The normalized spacial score (nSPS) is 15.4. The molecule has 1 N–H and O–H groups in total. The highest BCUT2D eigenvalue weighted by Crippen LogP contribution is 2.06. The molecule has 0 bridgehead atoms. The number of carbonyl (C=O) groups excluding carboxylic acids is 2. The van der Waals surface area contributed by atoms with Crippen LogP contribution in [0.1, 0.15) is 12.6 Å². The second-order valence-corrected chi connectivity index (χ2v) is 4.33. The van der Waals surface area contributed by atoms with Crippen molar-refractivity contribution in [3.05, 3.63) is 18.0 Å². The van der Waals surface area contributed by atoms with Crippen molar-refractivity contribution in [3.8, 4) is 0 Å². The van der Waals surface area contributed by atoms with E-state index in [-0.39, 0.29) is 12.0 Å². The second-order valence-electron chi connectivity index (χ2n) is 4.33. The summed E-state index contributed by atoms with van der Waals surface area (Å²) in [5.74, 6) is 0.0489. The molecule has 1 aromatic heterocycles. The molecule has 0 radical (unpaired) electrons. The van der Waals surface area contributed by atoms with Gasteiger partial charge in [0.2, 0.25) is 5.91 Å². The maximum Gasteiger partial charge on any atom is 0.409 e. The summed E-state index contributed by atoms with van der Waals surface area (Å²) in [6, 6.07) is 1.78. The van der Waals surface area contributed by atoms with Crippen molar-refractivity contribution in [2.75, 3.05) is 32.8 Å². The highest BCUT2D eigenvalue weighted by atomic mass is 16.6. The summed E-state index contributed by atoms with van der Waals surface area (Å²) in [5.41, 5.74) is 0.804. The zero-order valence-electron chi connectivity index (χ0n) is 11.0. The lowest BCUT2D eigenvalue weighted by atomic mass is 10.2. The van der Waals surface area contributed by atoms with Gasteiger partial charge in [-0.2, -0.15) is 5.10 Å². The highest BCUT2D eigenvalue weighted by molar-refractivity contribution is 5.78. The van der Waals surface area contributed by atoms with Crippen LogP contribution in [0, 0.1) is 0 Å². The molecule has 104 valence electrons. The van der Waals surface area contributed by atoms with Gasteiger partial charge < -0.3 is 14.5 Å². The van der Waals surface area contributed by atoms with Crippen molar-refractivity contribution in [2.24, 2.45) is 0 Å². The number of rotatable bonds is 3. The lowest BCUT2D eigenvalue weighted by Crippen LogP contribution is -2.51. The van der Waals surface area contributed by atoms with Crippen LogP contribution >= 0.6 is 0 Å². The number of piperazine rings is 1. The molecule has 1 aromatic rings. The third-order valence-corrected chi connectivity index (χ3v) is 3.06. The molecule has 0 atom stereocenters. The molecule has 0 saturated carbocycles. The van der Waals surface area contributed by atoms with Crippen LogP contribution < -0.4 is 0 Å². The molecule has 1 aliphatic rings. The number of ether oxygens (including phenoxy) is 1. The summed E-state index contributed by atoms with van der Waals surface area (Å²) in [5, 5.41) is 6.58. The molecule has 0 unspecified atom stereocenters. The molecule has 2 heterocycles. The van der Waals surface area contributed by atoms with Gasteiger partial charge in [-0.05, 0) is 13.0 Å². The summed E-state index contributed by atoms with van der Waals surface area (Å²) in [4.78, 5) is 26.9. The van der Waals surface area contributed by atoms with Gasteiger partial charge in [0, 0.05) is 38.1 Å². The first-order valence-corrected chi connectivity index (χ1v) is 6.38. The second kappa shape index (κ2) is 6.21. The van der Waals surface area contributed by atoms with Crippen LogP contribution in [0.2, 0.25) is 0 Å². The molecular formula is C12H18N4O3. The standard InChI is InChI=1S/C12H18N4O3/c1-2-19-12(18)16-7-5-15(6-8-16)11(17)9-10-3-4-13-14-10/h3-4H,2,5-9H2,1H3,(H,13,14). The Bertz CT molecular complexity index is 424. The highest BCUT2D eigenvalue weighted by Gasteiger charge is 2.24. The van der Waals surface area contributed by atoms with Gasteiger partial charge in [-0.3, -0.25) is 9.89 Å². The maximum absolute atomic E-state index is 12.0. The Labute approximate surface area is 111 Å². The first-order valence-electron chi connectivity index (χ1n) is 6.38. The van der Waals surface area contributed by atoms with E-state index in [1.807, 2.05) is 0 Å². The van der Waals surface area contributed by atoms with E-state index in [1.54, 1.807) is 29.0 Å². The van der Waals surface area contributed by atoms with E-state index < -0.39 is 0 Å². The molecule has 7 nitrogen and oxygen atoms in total. The third-order valence-electron chi connectivity index (χ3n) is 3.06. The van der Waals surface area contributed by atoms with Crippen LogP contribution in [0.3, 0.4) is 0 Å². The average molecular weight is 266 g/mol. The minimum Gasteiger partial charge on any atom is -0.450 e. The number of nitrogens with one attached hydrogen (secondary N) is 1. The summed E-state index contributed by atoms with van der Waals surface area (Å²) in [6.45, 7) is 4.29. The summed E-state index contributed by atoms with van der Waals surface area (Å²) < 4.78 is 4.93. The van der Waals surface area contributed by atoms with Gasteiger partial charge in [0.1, 0.15) is 0 Å². The van der Waals surface area contributed by atoms with Gasteiger partial charge in [-0.1, -0.05) is 0 Å². The van der Waals surface area contributed by atoms with E-state index in [0.29, 0.717) is 39.2 Å². The molecule has 0 spiro atoms. The summed E-state index contributed by atoms with van der Waals surface area (Å²) in [6.07, 6.45) is 1.64. The predicted octanol–water partition coefficient (Wildman–Crippen LogP) is 0.253. The number of hydrogen-bond donors (Lipinski definition) is 1. The molecule has 7 heteroatoms. The van der Waals surface area contributed by atoms with Crippen molar-refractivity contribution >= 4 is 12.0 Å². The van der Waals surface area contributed by atoms with E-state index in [4.69, 9.17) is 4.74 Å². The Kier molecular flexibility index (Phi) is 4.38. The number of H-pyrrole nitrogens is 1. The van der Waals surface area contributed by atoms with Gasteiger partial charge in [0.05, 0.1) is 13.0 Å². The molecule has 0 aliphatic carbocycles. The van der Waals surface area contributed by atoms with E-state index in [0.717, 1.165) is 5.69 Å². The molecular weight excluding hydrogens is 248 g/mol. The zero-order valence-corrected chi connectivity index (χ0v) is 11.0. The topological polar surface area (TPSA) is 78.5 Å². The molecule has 2 rings (SSSR count).